The van der Waals surface area contributed by atoms with Crippen LogP contribution < -0.4 is 0 Å². The average molecular weight is 186 g/mol. The summed E-state index contributed by atoms with van der Waals surface area (Å²) in [6, 6.07) is -1.63. The van der Waals surface area contributed by atoms with Crippen LogP contribution in [-0.2, 0) is 9.47 Å². The lowest BCUT2D eigenvalue weighted by Crippen LogP contribution is -2.05. The van der Waals surface area contributed by atoms with Gasteiger partial charge in [0, 0.05) is 0 Å². The number of hydrogen-bond acceptors (Lipinski definition) is 2. The Morgan fingerprint density at radius 3 is 2.58 bits per heavy atom. The molecule has 0 radical (unpaired) electrons. The second-order valence-corrected chi connectivity index (χ2v) is 2.26. The number of alkyl halides is 3. The maximum atomic E-state index is 12.2. The smallest absolute Gasteiger partial charge is 0.415 e. The summed E-state index contributed by atoms with van der Waals surface area (Å²) >= 11 is 0. The Labute approximate surface area is 65.8 Å². The first-order chi connectivity index (χ1) is 5.47. The summed E-state index contributed by atoms with van der Waals surface area (Å²) in [7, 11) is 0. The van der Waals surface area contributed by atoms with Gasteiger partial charge in [-0.1, -0.05) is 0 Å². The van der Waals surface area contributed by atoms with Crippen molar-refractivity contribution in [3.63, 3.8) is 0 Å². The van der Waals surface area contributed by atoms with Crippen LogP contribution in [0.3, 0.4) is 0 Å². The third-order valence-electron chi connectivity index (χ3n) is 1.09. The second-order valence-electron chi connectivity index (χ2n) is 2.26. The van der Waals surface area contributed by atoms with Gasteiger partial charge in [-0.25, -0.2) is 0 Å². The maximum absolute atomic E-state index is 12.2. The summed E-state index contributed by atoms with van der Waals surface area (Å²) < 4.78 is 55.1. The van der Waals surface area contributed by atoms with Crippen LogP contribution in [-0.4, -0.2) is 25.5 Å². The van der Waals surface area contributed by atoms with Gasteiger partial charge < -0.3 is 9.47 Å². The van der Waals surface area contributed by atoms with Gasteiger partial charge in [0.2, 0.25) is 0 Å². The molecule has 1 rings (SSSR count). The summed E-state index contributed by atoms with van der Waals surface area (Å²) in [5.74, 6) is 0. The highest BCUT2D eigenvalue weighted by Gasteiger charge is 2.28. The number of epoxide rings is 1. The number of ether oxygens (including phenoxy) is 2. The topological polar surface area (TPSA) is 21.8 Å². The van der Waals surface area contributed by atoms with E-state index in [2.05, 4.69) is 9.47 Å². The quantitative estimate of drug-likeness (QED) is 0.380. The first-order valence-corrected chi connectivity index (χ1v) is 3.17. The SMILES string of the molecule is FC(=CC(F)(F)F)OCC1CO1. The zero-order chi connectivity index (χ0) is 9.19. The number of hydrogen-bond donors (Lipinski definition) is 0. The van der Waals surface area contributed by atoms with Crippen LogP contribution in [0.4, 0.5) is 17.6 Å². The fourth-order valence-corrected chi connectivity index (χ4v) is 0.507. The summed E-state index contributed by atoms with van der Waals surface area (Å²) in [5, 5.41) is 0. The van der Waals surface area contributed by atoms with E-state index >= 15 is 0 Å². The summed E-state index contributed by atoms with van der Waals surface area (Å²) in [6.45, 7) is 0.248. The average Bonchev–Trinajstić information content (AvgIpc) is 2.61. The molecule has 0 N–H and O–H groups in total. The van der Waals surface area contributed by atoms with Crippen molar-refractivity contribution in [1.29, 1.82) is 0 Å². The molecule has 6 heteroatoms. The lowest BCUT2D eigenvalue weighted by atomic mass is 10.5. The Morgan fingerprint density at radius 1 is 1.58 bits per heavy atom. The van der Waals surface area contributed by atoms with Crippen LogP contribution in [0.2, 0.25) is 0 Å². The molecule has 0 aliphatic carbocycles. The van der Waals surface area contributed by atoms with Crippen LogP contribution in [0.1, 0.15) is 0 Å². The van der Waals surface area contributed by atoms with Gasteiger partial charge in [0.05, 0.1) is 12.7 Å². The third kappa shape index (κ3) is 4.17. The summed E-state index contributed by atoms with van der Waals surface area (Å²) in [5.41, 5.74) is 0. The molecule has 1 saturated heterocycles. The van der Waals surface area contributed by atoms with E-state index in [1.807, 2.05) is 0 Å². The van der Waals surface area contributed by atoms with Crippen LogP contribution in [0, 0.1) is 0 Å². The largest absolute Gasteiger partial charge is 0.468 e. The molecule has 1 aliphatic heterocycles. The molecule has 12 heavy (non-hydrogen) atoms. The lowest BCUT2D eigenvalue weighted by Gasteiger charge is -2.01. The first kappa shape index (κ1) is 9.31. The van der Waals surface area contributed by atoms with E-state index in [0.29, 0.717) is 6.61 Å². The molecule has 0 spiro atoms. The molecule has 1 aliphatic rings. The lowest BCUT2D eigenvalue weighted by molar-refractivity contribution is -0.0852. The van der Waals surface area contributed by atoms with Crippen LogP contribution in [0.5, 0.6) is 0 Å². The molecule has 70 valence electrons. The van der Waals surface area contributed by atoms with E-state index in [1.54, 1.807) is 0 Å². The fraction of sp³-hybridized carbons (Fsp3) is 0.667. The molecule has 1 heterocycles. The Balaban J connectivity index is 2.25. The van der Waals surface area contributed by atoms with Gasteiger partial charge in [-0.15, -0.1) is 0 Å². The number of allylic oxidation sites excluding steroid dienone is 1. The minimum Gasteiger partial charge on any atom is -0.468 e. The van der Waals surface area contributed by atoms with Crippen molar-refractivity contribution in [3.05, 3.63) is 12.1 Å². The zero-order valence-corrected chi connectivity index (χ0v) is 5.90. The molecule has 0 amide bonds. The van der Waals surface area contributed by atoms with Crippen molar-refractivity contribution in [2.75, 3.05) is 13.2 Å². The molecule has 2 nitrogen and oxygen atoms in total. The number of halogens is 4. The summed E-state index contributed by atoms with van der Waals surface area (Å²) in [6.07, 6.45) is -5.46. The van der Waals surface area contributed by atoms with Crippen molar-refractivity contribution in [2.24, 2.45) is 0 Å². The fourth-order valence-electron chi connectivity index (χ4n) is 0.507. The van der Waals surface area contributed by atoms with E-state index in [9.17, 15) is 17.6 Å². The van der Waals surface area contributed by atoms with Crippen LogP contribution >= 0.6 is 0 Å². The Bertz CT molecular complexity index is 182. The van der Waals surface area contributed by atoms with Crippen molar-refractivity contribution in [3.8, 4) is 0 Å². The number of rotatable bonds is 3. The second kappa shape index (κ2) is 3.30. The minimum atomic E-state index is -4.67. The molecule has 1 unspecified atom stereocenters. The van der Waals surface area contributed by atoms with Crippen molar-refractivity contribution >= 4 is 0 Å². The highest BCUT2D eigenvalue weighted by molar-refractivity contribution is 4.89. The van der Waals surface area contributed by atoms with E-state index in [4.69, 9.17) is 0 Å². The molecular formula is C6H6F4O2. The van der Waals surface area contributed by atoms with Gasteiger partial charge in [-0.05, 0) is 0 Å². The zero-order valence-electron chi connectivity index (χ0n) is 5.90. The van der Waals surface area contributed by atoms with E-state index in [0.717, 1.165) is 0 Å². The molecule has 0 saturated carbocycles. The normalized spacial score (nSPS) is 24.0. The third-order valence-corrected chi connectivity index (χ3v) is 1.09. The van der Waals surface area contributed by atoms with Gasteiger partial charge in [-0.2, -0.15) is 17.6 Å². The molecule has 0 aromatic rings. The van der Waals surface area contributed by atoms with Gasteiger partial charge >= 0.3 is 6.18 Å². The monoisotopic (exact) mass is 186 g/mol. The molecule has 0 bridgehead atoms. The highest BCUT2D eigenvalue weighted by atomic mass is 19.4. The van der Waals surface area contributed by atoms with E-state index < -0.39 is 18.3 Å². The maximum Gasteiger partial charge on any atom is 0.415 e. The van der Waals surface area contributed by atoms with Gasteiger partial charge in [0.25, 0.3) is 6.01 Å². The summed E-state index contributed by atoms with van der Waals surface area (Å²) in [4.78, 5) is 0. The van der Waals surface area contributed by atoms with Crippen molar-refractivity contribution < 1.29 is 27.0 Å². The highest BCUT2D eigenvalue weighted by Crippen LogP contribution is 2.20. The Morgan fingerprint density at radius 2 is 2.17 bits per heavy atom. The Kier molecular flexibility index (Phi) is 2.56. The molecule has 0 aromatic carbocycles. The van der Waals surface area contributed by atoms with Crippen LogP contribution in [0.15, 0.2) is 12.1 Å². The molecular weight excluding hydrogens is 180 g/mol. The molecule has 0 aromatic heterocycles. The standard InChI is InChI=1S/C6H6F4O2/c7-5(1-6(8,9)10)12-3-4-2-11-4/h1,4H,2-3H2. The Hall–Kier alpha value is -0.780. The van der Waals surface area contributed by atoms with Gasteiger partial charge in [0.1, 0.15) is 12.7 Å². The van der Waals surface area contributed by atoms with Crippen LogP contribution in [0.25, 0.3) is 0 Å². The van der Waals surface area contributed by atoms with Crippen molar-refractivity contribution in [1.82, 2.24) is 0 Å². The predicted octanol–water partition coefficient (Wildman–Crippen LogP) is 1.78. The van der Waals surface area contributed by atoms with E-state index in [1.165, 1.54) is 0 Å². The first-order valence-electron chi connectivity index (χ1n) is 3.17. The minimum absolute atomic E-state index is 0.168. The van der Waals surface area contributed by atoms with Gasteiger partial charge in [-0.3, -0.25) is 0 Å². The van der Waals surface area contributed by atoms with E-state index in [-0.39, 0.29) is 12.7 Å². The van der Waals surface area contributed by atoms with Crippen molar-refractivity contribution in [2.45, 2.75) is 12.3 Å². The molecule has 1 fully saturated rings. The predicted molar refractivity (Wildman–Crippen MR) is 30.9 cm³/mol. The molecule has 1 atom stereocenters. The van der Waals surface area contributed by atoms with Gasteiger partial charge in [0.15, 0.2) is 0 Å².